The molecule has 0 aromatic carbocycles. The lowest BCUT2D eigenvalue weighted by Crippen LogP contribution is -2.52. The highest BCUT2D eigenvalue weighted by atomic mass is 32.2. The molecule has 1 saturated heterocycles. The van der Waals surface area contributed by atoms with Crippen molar-refractivity contribution in [2.45, 2.75) is 33.7 Å². The highest BCUT2D eigenvalue weighted by molar-refractivity contribution is 7.86. The summed E-state index contributed by atoms with van der Waals surface area (Å²) >= 11 is 0. The van der Waals surface area contributed by atoms with Gasteiger partial charge in [0, 0.05) is 31.9 Å². The van der Waals surface area contributed by atoms with Crippen molar-refractivity contribution in [2.75, 3.05) is 26.2 Å². The average molecular weight is 329 g/mol. The van der Waals surface area contributed by atoms with Crippen molar-refractivity contribution in [3.05, 3.63) is 17.0 Å². The van der Waals surface area contributed by atoms with Crippen LogP contribution in [0.25, 0.3) is 0 Å². The van der Waals surface area contributed by atoms with Gasteiger partial charge in [0.25, 0.3) is 10.2 Å². The van der Waals surface area contributed by atoms with Crippen LogP contribution in [0.15, 0.2) is 0 Å². The molecule has 0 unspecified atom stereocenters. The van der Waals surface area contributed by atoms with Crippen molar-refractivity contribution in [3.8, 4) is 0 Å². The topological polar surface area (TPSA) is 102 Å². The first kappa shape index (κ1) is 16.9. The number of nitrogens with two attached hydrogens (primary N) is 1. The Kier molecular flexibility index (Phi) is 4.88. The number of hydrogen-bond donors (Lipinski definition) is 1. The van der Waals surface area contributed by atoms with Crippen molar-refractivity contribution < 1.29 is 13.2 Å². The summed E-state index contributed by atoms with van der Waals surface area (Å²) in [7, 11) is -3.67. The molecule has 1 aromatic rings. The number of carbonyl (C=O) groups is 1. The largest absolute Gasteiger partial charge is 0.338 e. The second kappa shape index (κ2) is 6.35. The fraction of sp³-hybridized carbons (Fsp3) is 0.692. The van der Waals surface area contributed by atoms with E-state index in [-0.39, 0.29) is 25.5 Å². The average Bonchev–Trinajstić information content (AvgIpc) is 2.72. The number of aromatic nitrogens is 2. The lowest BCUT2D eigenvalue weighted by Gasteiger charge is -2.33. The van der Waals surface area contributed by atoms with Gasteiger partial charge in [-0.25, -0.2) is 5.14 Å². The van der Waals surface area contributed by atoms with E-state index in [1.807, 2.05) is 13.8 Å². The molecule has 0 radical (unpaired) electrons. The van der Waals surface area contributed by atoms with Gasteiger partial charge in [-0.2, -0.15) is 17.8 Å². The number of amides is 1. The molecule has 1 amide bonds. The summed E-state index contributed by atoms with van der Waals surface area (Å²) in [6.07, 6.45) is 0.888. The second-order valence-electron chi connectivity index (χ2n) is 5.49. The SMILES string of the molecule is CCc1c(C)nn(CC(=O)N2CCN(S(N)(=O)=O)CC2)c1C. The second-order valence-corrected chi connectivity index (χ2v) is 7.03. The van der Waals surface area contributed by atoms with Crippen LogP contribution in [0.4, 0.5) is 0 Å². The monoisotopic (exact) mass is 329 g/mol. The minimum Gasteiger partial charge on any atom is -0.338 e. The minimum atomic E-state index is -3.67. The molecule has 2 N–H and O–H groups in total. The molecule has 1 aliphatic rings. The highest BCUT2D eigenvalue weighted by Crippen LogP contribution is 2.14. The van der Waals surface area contributed by atoms with Crippen LogP contribution >= 0.6 is 0 Å². The Morgan fingerprint density at radius 3 is 2.27 bits per heavy atom. The van der Waals surface area contributed by atoms with Crippen LogP contribution in [-0.4, -0.2) is 59.5 Å². The lowest BCUT2D eigenvalue weighted by molar-refractivity contribution is -0.133. The molecule has 9 heteroatoms. The Morgan fingerprint density at radius 1 is 1.23 bits per heavy atom. The van der Waals surface area contributed by atoms with E-state index >= 15 is 0 Å². The van der Waals surface area contributed by atoms with Crippen molar-refractivity contribution in [1.82, 2.24) is 19.0 Å². The molecule has 22 heavy (non-hydrogen) atoms. The zero-order valence-electron chi connectivity index (χ0n) is 13.2. The van der Waals surface area contributed by atoms with Crippen LogP contribution in [0, 0.1) is 13.8 Å². The molecular formula is C13H23N5O3S. The third kappa shape index (κ3) is 3.47. The molecule has 0 bridgehead atoms. The predicted molar refractivity (Wildman–Crippen MR) is 82.3 cm³/mol. The lowest BCUT2D eigenvalue weighted by atomic mass is 10.1. The Morgan fingerprint density at radius 2 is 1.82 bits per heavy atom. The maximum absolute atomic E-state index is 12.4. The van der Waals surface area contributed by atoms with Gasteiger partial charge in [-0.1, -0.05) is 6.92 Å². The third-order valence-electron chi connectivity index (χ3n) is 4.12. The Hall–Kier alpha value is -1.45. The van der Waals surface area contributed by atoms with Crippen LogP contribution < -0.4 is 5.14 Å². The summed E-state index contributed by atoms with van der Waals surface area (Å²) in [5.74, 6) is -0.0534. The quantitative estimate of drug-likeness (QED) is 0.797. The van der Waals surface area contributed by atoms with Gasteiger partial charge in [-0.05, 0) is 25.8 Å². The number of nitrogens with zero attached hydrogens (tertiary/aromatic N) is 4. The fourth-order valence-corrected chi connectivity index (χ4v) is 3.49. The Bertz CT molecular complexity index is 659. The van der Waals surface area contributed by atoms with Crippen LogP contribution in [0.3, 0.4) is 0 Å². The van der Waals surface area contributed by atoms with Crippen molar-refractivity contribution in [1.29, 1.82) is 0 Å². The van der Waals surface area contributed by atoms with Crippen LogP contribution in [-0.2, 0) is 28.0 Å². The maximum atomic E-state index is 12.4. The van der Waals surface area contributed by atoms with E-state index in [4.69, 9.17) is 5.14 Å². The van der Waals surface area contributed by atoms with Gasteiger partial charge in [-0.3, -0.25) is 9.48 Å². The first-order valence-electron chi connectivity index (χ1n) is 7.32. The molecule has 0 saturated carbocycles. The molecule has 8 nitrogen and oxygen atoms in total. The van der Waals surface area contributed by atoms with E-state index in [1.54, 1.807) is 9.58 Å². The molecule has 0 spiro atoms. The summed E-state index contributed by atoms with van der Waals surface area (Å²) in [5.41, 5.74) is 3.13. The first-order valence-corrected chi connectivity index (χ1v) is 8.83. The molecule has 0 atom stereocenters. The Balaban J connectivity index is 2.00. The molecular weight excluding hydrogens is 306 g/mol. The van der Waals surface area contributed by atoms with E-state index in [9.17, 15) is 13.2 Å². The van der Waals surface area contributed by atoms with Gasteiger partial charge in [-0.15, -0.1) is 0 Å². The van der Waals surface area contributed by atoms with Gasteiger partial charge in [0.2, 0.25) is 5.91 Å². The normalized spacial score (nSPS) is 17.0. The van der Waals surface area contributed by atoms with Gasteiger partial charge >= 0.3 is 0 Å². The molecule has 0 aliphatic carbocycles. The van der Waals surface area contributed by atoms with Gasteiger partial charge < -0.3 is 4.90 Å². The van der Waals surface area contributed by atoms with Crippen molar-refractivity contribution in [3.63, 3.8) is 0 Å². The molecule has 1 aliphatic heterocycles. The smallest absolute Gasteiger partial charge is 0.277 e. The van der Waals surface area contributed by atoms with E-state index in [0.717, 1.165) is 17.8 Å². The summed E-state index contributed by atoms with van der Waals surface area (Å²) in [5, 5.41) is 9.50. The van der Waals surface area contributed by atoms with E-state index in [2.05, 4.69) is 12.0 Å². The number of rotatable bonds is 4. The number of piperazine rings is 1. The zero-order chi connectivity index (χ0) is 16.5. The first-order chi connectivity index (χ1) is 10.2. The van der Waals surface area contributed by atoms with E-state index < -0.39 is 10.2 Å². The Labute approximate surface area is 131 Å². The molecule has 1 aromatic heterocycles. The summed E-state index contributed by atoms with van der Waals surface area (Å²) in [6.45, 7) is 7.34. The van der Waals surface area contributed by atoms with Gasteiger partial charge in [0.1, 0.15) is 6.54 Å². The summed E-state index contributed by atoms with van der Waals surface area (Å²) < 4.78 is 25.4. The summed E-state index contributed by atoms with van der Waals surface area (Å²) in [6, 6.07) is 0. The van der Waals surface area contributed by atoms with Crippen LogP contribution in [0.5, 0.6) is 0 Å². The van der Waals surface area contributed by atoms with E-state index in [1.165, 1.54) is 9.87 Å². The van der Waals surface area contributed by atoms with Crippen molar-refractivity contribution >= 4 is 16.1 Å². The molecule has 1 fully saturated rings. The highest BCUT2D eigenvalue weighted by Gasteiger charge is 2.27. The van der Waals surface area contributed by atoms with E-state index in [0.29, 0.717) is 13.1 Å². The summed E-state index contributed by atoms with van der Waals surface area (Å²) in [4.78, 5) is 14.0. The number of hydrogen-bond acceptors (Lipinski definition) is 4. The van der Waals surface area contributed by atoms with Gasteiger partial charge in [0.15, 0.2) is 0 Å². The zero-order valence-corrected chi connectivity index (χ0v) is 14.1. The standard InChI is InChI=1S/C13H23N5O3S/c1-4-12-10(2)15-18(11(12)3)9-13(19)16-5-7-17(8-6-16)22(14,20)21/h4-9H2,1-3H3,(H2,14,20,21). The maximum Gasteiger partial charge on any atom is 0.277 e. The molecule has 124 valence electrons. The minimum absolute atomic E-state index is 0.0534. The van der Waals surface area contributed by atoms with Gasteiger partial charge in [0.05, 0.1) is 5.69 Å². The molecule has 2 rings (SSSR count). The number of aryl methyl sites for hydroxylation is 1. The molecule has 2 heterocycles. The van der Waals surface area contributed by atoms with Crippen LogP contribution in [0.2, 0.25) is 0 Å². The fourth-order valence-electron chi connectivity index (χ4n) is 2.82. The van der Waals surface area contributed by atoms with Crippen LogP contribution in [0.1, 0.15) is 23.9 Å². The van der Waals surface area contributed by atoms with Crippen molar-refractivity contribution in [2.24, 2.45) is 5.14 Å². The third-order valence-corrected chi connectivity index (χ3v) is 5.21. The predicted octanol–water partition coefficient (Wildman–Crippen LogP) is -0.590. The number of carbonyl (C=O) groups excluding carboxylic acids is 1.